The lowest BCUT2D eigenvalue weighted by molar-refractivity contribution is 0.147. The smallest absolute Gasteiger partial charge is 0.137 e. The Morgan fingerprint density at radius 2 is 1.42 bits per heavy atom. The fraction of sp³-hybridized carbons (Fsp3) is 0.321. The van der Waals surface area contributed by atoms with Crippen molar-refractivity contribution in [3.05, 3.63) is 78.1 Å². The van der Waals surface area contributed by atoms with Crippen molar-refractivity contribution in [2.24, 2.45) is 0 Å². The van der Waals surface area contributed by atoms with Gasteiger partial charge in [-0.05, 0) is 49.4 Å². The van der Waals surface area contributed by atoms with E-state index in [2.05, 4.69) is 114 Å². The van der Waals surface area contributed by atoms with Crippen LogP contribution >= 0.6 is 0 Å². The lowest BCUT2D eigenvalue weighted by Gasteiger charge is -2.32. The van der Waals surface area contributed by atoms with Crippen molar-refractivity contribution in [3.63, 3.8) is 0 Å². The number of fused-ring (bicyclic) bond motifs is 1. The molecule has 2 aromatic heterocycles. The van der Waals surface area contributed by atoms with E-state index in [0.29, 0.717) is 0 Å². The first kappa shape index (κ1) is 21.7. The van der Waals surface area contributed by atoms with Crippen LogP contribution in [0.1, 0.15) is 11.3 Å². The SMILES string of the molecule is Cc1ccc(-c2nc3ccc(-c4ccc(N(C)C)cc4)cn3c2CN2CCN(C)CC2)cc1. The zero-order valence-electron chi connectivity index (χ0n) is 20.1. The molecule has 1 aliphatic rings. The molecule has 0 radical (unpaired) electrons. The van der Waals surface area contributed by atoms with Crippen molar-refractivity contribution < 1.29 is 0 Å². The Kier molecular flexibility index (Phi) is 5.92. The summed E-state index contributed by atoms with van der Waals surface area (Å²) in [7, 11) is 6.35. The van der Waals surface area contributed by atoms with Gasteiger partial charge >= 0.3 is 0 Å². The van der Waals surface area contributed by atoms with Gasteiger partial charge in [-0.15, -0.1) is 0 Å². The predicted molar refractivity (Wildman–Crippen MR) is 138 cm³/mol. The molecule has 0 spiro atoms. The molecule has 1 saturated heterocycles. The van der Waals surface area contributed by atoms with E-state index in [1.807, 2.05) is 0 Å². The molecule has 1 aliphatic heterocycles. The molecule has 0 amide bonds. The van der Waals surface area contributed by atoms with Crippen LogP contribution in [0, 0.1) is 6.92 Å². The Morgan fingerprint density at radius 3 is 2.09 bits per heavy atom. The zero-order chi connectivity index (χ0) is 22.9. The number of hydrogen-bond donors (Lipinski definition) is 0. The summed E-state index contributed by atoms with van der Waals surface area (Å²) in [4.78, 5) is 12.2. The van der Waals surface area contributed by atoms with E-state index < -0.39 is 0 Å². The van der Waals surface area contributed by atoms with Gasteiger partial charge in [0.1, 0.15) is 5.65 Å². The quantitative estimate of drug-likeness (QED) is 0.447. The Bertz CT molecular complexity index is 1230. The number of pyridine rings is 1. The number of nitrogens with zero attached hydrogens (tertiary/aromatic N) is 5. The summed E-state index contributed by atoms with van der Waals surface area (Å²) < 4.78 is 2.31. The van der Waals surface area contributed by atoms with E-state index in [1.165, 1.54) is 33.6 Å². The van der Waals surface area contributed by atoms with E-state index in [-0.39, 0.29) is 0 Å². The number of rotatable bonds is 5. The van der Waals surface area contributed by atoms with Crippen molar-refractivity contribution in [1.82, 2.24) is 19.2 Å². The van der Waals surface area contributed by atoms with Gasteiger partial charge in [0, 0.05) is 64.3 Å². The second kappa shape index (κ2) is 9.00. The van der Waals surface area contributed by atoms with Crippen LogP contribution in [0.3, 0.4) is 0 Å². The highest BCUT2D eigenvalue weighted by molar-refractivity contribution is 5.71. The van der Waals surface area contributed by atoms with Crippen LogP contribution in [0.4, 0.5) is 5.69 Å². The summed E-state index contributed by atoms with van der Waals surface area (Å²) in [5.74, 6) is 0. The zero-order valence-corrected chi connectivity index (χ0v) is 20.1. The van der Waals surface area contributed by atoms with Gasteiger partial charge in [0.15, 0.2) is 0 Å². The van der Waals surface area contributed by atoms with Gasteiger partial charge in [-0.25, -0.2) is 4.98 Å². The minimum absolute atomic E-state index is 0.904. The minimum Gasteiger partial charge on any atom is -0.378 e. The Hall–Kier alpha value is -3.15. The standard InChI is InChI=1S/C28H33N5/c1-21-5-7-23(8-6-21)28-26(20-32-17-15-31(4)16-18-32)33-19-24(11-14-27(33)29-28)22-9-12-25(13-10-22)30(2)3/h5-14,19H,15-18,20H2,1-4H3. The molecule has 33 heavy (non-hydrogen) atoms. The topological polar surface area (TPSA) is 27.0 Å². The first-order chi connectivity index (χ1) is 16.0. The fourth-order valence-electron chi connectivity index (χ4n) is 4.53. The number of aryl methyl sites for hydroxylation is 1. The Labute approximate surface area is 196 Å². The average molecular weight is 440 g/mol. The summed E-state index contributed by atoms with van der Waals surface area (Å²) in [6.45, 7) is 7.43. The van der Waals surface area contributed by atoms with Crippen LogP contribution in [-0.4, -0.2) is 66.5 Å². The highest BCUT2D eigenvalue weighted by atomic mass is 15.3. The van der Waals surface area contributed by atoms with E-state index in [0.717, 1.165) is 44.1 Å². The number of imidazole rings is 1. The molecule has 0 N–H and O–H groups in total. The van der Waals surface area contributed by atoms with Gasteiger partial charge < -0.3 is 14.2 Å². The molecule has 5 heteroatoms. The van der Waals surface area contributed by atoms with E-state index in [1.54, 1.807) is 0 Å². The number of anilines is 1. The maximum atomic E-state index is 5.08. The van der Waals surface area contributed by atoms with Crippen molar-refractivity contribution in [2.45, 2.75) is 13.5 Å². The summed E-state index contributed by atoms with van der Waals surface area (Å²) in [6, 6.07) is 21.9. The maximum absolute atomic E-state index is 5.08. The van der Waals surface area contributed by atoms with Gasteiger partial charge in [-0.2, -0.15) is 0 Å². The first-order valence-electron chi connectivity index (χ1n) is 11.7. The van der Waals surface area contributed by atoms with Crippen molar-refractivity contribution in [3.8, 4) is 22.4 Å². The molecule has 5 nitrogen and oxygen atoms in total. The minimum atomic E-state index is 0.904. The van der Waals surface area contributed by atoms with Gasteiger partial charge in [-0.1, -0.05) is 42.0 Å². The third-order valence-corrected chi connectivity index (χ3v) is 6.73. The average Bonchev–Trinajstić information content (AvgIpc) is 3.18. The van der Waals surface area contributed by atoms with Gasteiger partial charge in [0.25, 0.3) is 0 Å². The summed E-state index contributed by atoms with van der Waals surface area (Å²) in [5.41, 5.74) is 9.46. The molecule has 0 atom stereocenters. The molecular formula is C28H33N5. The van der Waals surface area contributed by atoms with E-state index in [4.69, 9.17) is 4.98 Å². The normalized spacial score (nSPS) is 15.3. The van der Waals surface area contributed by atoms with Crippen molar-refractivity contribution in [2.75, 3.05) is 52.2 Å². The van der Waals surface area contributed by atoms with Crippen LogP contribution in [0.2, 0.25) is 0 Å². The molecule has 0 bridgehead atoms. The van der Waals surface area contributed by atoms with Crippen molar-refractivity contribution >= 4 is 11.3 Å². The molecule has 5 rings (SSSR count). The summed E-state index contributed by atoms with van der Waals surface area (Å²) >= 11 is 0. The predicted octanol–water partition coefficient (Wildman–Crippen LogP) is 4.79. The highest BCUT2D eigenvalue weighted by Gasteiger charge is 2.20. The van der Waals surface area contributed by atoms with Crippen LogP contribution in [0.15, 0.2) is 66.9 Å². The second-order valence-electron chi connectivity index (χ2n) is 9.44. The number of benzene rings is 2. The lowest BCUT2D eigenvalue weighted by Crippen LogP contribution is -2.44. The molecule has 0 aliphatic carbocycles. The largest absolute Gasteiger partial charge is 0.378 e. The monoisotopic (exact) mass is 439 g/mol. The number of likely N-dealkylation sites (N-methyl/N-ethyl adjacent to an activating group) is 1. The van der Waals surface area contributed by atoms with Crippen LogP contribution in [0.5, 0.6) is 0 Å². The first-order valence-corrected chi connectivity index (χ1v) is 11.7. The number of piperazine rings is 1. The van der Waals surface area contributed by atoms with E-state index >= 15 is 0 Å². The Morgan fingerprint density at radius 1 is 0.788 bits per heavy atom. The van der Waals surface area contributed by atoms with Crippen LogP contribution in [0.25, 0.3) is 28.0 Å². The lowest BCUT2D eigenvalue weighted by atomic mass is 10.1. The summed E-state index contributed by atoms with van der Waals surface area (Å²) in [5, 5.41) is 0. The van der Waals surface area contributed by atoms with Gasteiger partial charge in [0.2, 0.25) is 0 Å². The number of aromatic nitrogens is 2. The third kappa shape index (κ3) is 4.52. The molecule has 2 aromatic carbocycles. The van der Waals surface area contributed by atoms with Crippen molar-refractivity contribution in [1.29, 1.82) is 0 Å². The molecular weight excluding hydrogens is 406 g/mol. The van der Waals surface area contributed by atoms with Gasteiger partial charge in [-0.3, -0.25) is 4.90 Å². The highest BCUT2D eigenvalue weighted by Crippen LogP contribution is 2.29. The maximum Gasteiger partial charge on any atom is 0.137 e. The van der Waals surface area contributed by atoms with Crippen LogP contribution in [-0.2, 0) is 6.54 Å². The summed E-state index contributed by atoms with van der Waals surface area (Å²) in [6.07, 6.45) is 2.26. The molecule has 0 saturated carbocycles. The fourth-order valence-corrected chi connectivity index (χ4v) is 4.53. The molecule has 4 aromatic rings. The number of hydrogen-bond acceptors (Lipinski definition) is 4. The third-order valence-electron chi connectivity index (χ3n) is 6.73. The molecule has 170 valence electrons. The molecule has 1 fully saturated rings. The van der Waals surface area contributed by atoms with Gasteiger partial charge in [0.05, 0.1) is 11.4 Å². The van der Waals surface area contributed by atoms with E-state index in [9.17, 15) is 0 Å². The molecule has 3 heterocycles. The molecule has 0 unspecified atom stereocenters. The Balaban J connectivity index is 1.58. The second-order valence-corrected chi connectivity index (χ2v) is 9.44. The van der Waals surface area contributed by atoms with Crippen LogP contribution < -0.4 is 4.90 Å².